The zero-order valence-corrected chi connectivity index (χ0v) is 11.5. The van der Waals surface area contributed by atoms with Crippen molar-refractivity contribution in [1.29, 1.82) is 0 Å². The van der Waals surface area contributed by atoms with Gasteiger partial charge in [-0.2, -0.15) is 13.2 Å². The van der Waals surface area contributed by atoms with Gasteiger partial charge >= 0.3 is 6.18 Å². The fourth-order valence-electron chi connectivity index (χ4n) is 2.13. The van der Waals surface area contributed by atoms with Crippen molar-refractivity contribution >= 4 is 17.4 Å². The second kappa shape index (κ2) is 6.01. The van der Waals surface area contributed by atoms with Gasteiger partial charge in [0.15, 0.2) is 5.83 Å². The Morgan fingerprint density at radius 3 is 2.67 bits per heavy atom. The lowest BCUT2D eigenvalue weighted by Crippen LogP contribution is -2.27. The van der Waals surface area contributed by atoms with E-state index in [1.807, 2.05) is 0 Å². The molecule has 0 N–H and O–H groups in total. The van der Waals surface area contributed by atoms with Crippen molar-refractivity contribution in [2.75, 3.05) is 6.54 Å². The largest absolute Gasteiger partial charge is 0.457 e. The van der Waals surface area contributed by atoms with Crippen LogP contribution in [0, 0.1) is 0 Å². The topological polar surface area (TPSA) is 33.2 Å². The minimum atomic E-state index is -5.20. The van der Waals surface area contributed by atoms with Gasteiger partial charge in [-0.15, -0.1) is 0 Å². The molecular weight excluding hydrogens is 312 g/mol. The molecule has 2 rings (SSSR count). The molecule has 1 aromatic rings. The van der Waals surface area contributed by atoms with Gasteiger partial charge in [0.1, 0.15) is 5.15 Å². The van der Waals surface area contributed by atoms with E-state index < -0.39 is 17.8 Å². The summed E-state index contributed by atoms with van der Waals surface area (Å²) in [7, 11) is 0. The maximum Gasteiger partial charge on any atom is 0.457 e. The number of allylic oxidation sites excluding steroid dienone is 2. The van der Waals surface area contributed by atoms with E-state index in [1.165, 1.54) is 17.2 Å². The highest BCUT2D eigenvalue weighted by Crippen LogP contribution is 2.31. The van der Waals surface area contributed by atoms with Gasteiger partial charge in [0.05, 0.1) is 5.70 Å². The highest BCUT2D eigenvalue weighted by Gasteiger charge is 2.43. The van der Waals surface area contributed by atoms with Gasteiger partial charge in [-0.1, -0.05) is 17.7 Å². The van der Waals surface area contributed by atoms with Crippen LogP contribution in [0.25, 0.3) is 0 Å². The molecule has 0 amide bonds. The molecule has 1 aliphatic rings. The monoisotopic (exact) mass is 322 g/mol. The first-order chi connectivity index (χ1) is 9.79. The Bertz CT molecular complexity index is 569. The van der Waals surface area contributed by atoms with Crippen LogP contribution < -0.4 is 0 Å². The maximum absolute atomic E-state index is 13.7. The van der Waals surface area contributed by atoms with Crippen LogP contribution in [-0.4, -0.2) is 28.4 Å². The van der Waals surface area contributed by atoms with E-state index in [1.54, 1.807) is 6.07 Å². The lowest BCUT2D eigenvalue weighted by molar-refractivity contribution is -0.168. The number of carbonyl (C=O) groups excluding carboxylic acids is 1. The van der Waals surface area contributed by atoms with Crippen molar-refractivity contribution in [2.24, 2.45) is 0 Å². The van der Waals surface area contributed by atoms with E-state index in [4.69, 9.17) is 11.6 Å². The Morgan fingerprint density at radius 2 is 2.10 bits per heavy atom. The van der Waals surface area contributed by atoms with Crippen LogP contribution in [0.1, 0.15) is 18.4 Å². The lowest BCUT2D eigenvalue weighted by atomic mass is 10.2. The molecule has 0 bridgehead atoms. The van der Waals surface area contributed by atoms with E-state index in [0.29, 0.717) is 18.5 Å². The Hall–Kier alpha value is -1.63. The number of Topliss-reactive ketones (excluding diaryl/α,β-unsaturated/α-hetero) is 1. The Kier molecular flexibility index (Phi) is 4.51. The van der Waals surface area contributed by atoms with Crippen LogP contribution in [0.4, 0.5) is 17.6 Å². The molecule has 1 fully saturated rings. The number of rotatable bonds is 3. The van der Waals surface area contributed by atoms with Gasteiger partial charge in [-0.25, -0.2) is 9.37 Å². The molecule has 0 radical (unpaired) electrons. The predicted molar refractivity (Wildman–Crippen MR) is 68.1 cm³/mol. The minimum absolute atomic E-state index is 0.106. The molecule has 0 saturated carbocycles. The highest BCUT2D eigenvalue weighted by atomic mass is 35.5. The molecule has 1 aliphatic heterocycles. The molecular formula is C13H11ClF4N2O. The third-order valence-electron chi connectivity index (χ3n) is 3.10. The number of halogens is 5. The van der Waals surface area contributed by atoms with Gasteiger partial charge in [0.25, 0.3) is 5.78 Å². The van der Waals surface area contributed by atoms with Crippen LogP contribution in [-0.2, 0) is 11.3 Å². The summed E-state index contributed by atoms with van der Waals surface area (Å²) in [5.41, 5.74) is 0.471. The van der Waals surface area contributed by atoms with Crippen LogP contribution in [0.3, 0.4) is 0 Å². The van der Waals surface area contributed by atoms with Gasteiger partial charge in [-0.05, 0) is 24.5 Å². The molecule has 114 valence electrons. The summed E-state index contributed by atoms with van der Waals surface area (Å²) < 4.78 is 50.6. The lowest BCUT2D eigenvalue weighted by Gasteiger charge is -2.20. The molecule has 0 atom stereocenters. The number of carbonyl (C=O) groups is 1. The van der Waals surface area contributed by atoms with E-state index in [2.05, 4.69) is 4.98 Å². The van der Waals surface area contributed by atoms with E-state index in [0.717, 1.165) is 0 Å². The predicted octanol–water partition coefficient (Wildman–Crippen LogP) is 3.64. The average Bonchev–Trinajstić information content (AvgIpc) is 2.87. The molecule has 0 spiro atoms. The molecule has 0 aromatic carbocycles. The maximum atomic E-state index is 13.7. The van der Waals surface area contributed by atoms with E-state index in [9.17, 15) is 22.4 Å². The highest BCUT2D eigenvalue weighted by molar-refractivity contribution is 6.29. The third-order valence-corrected chi connectivity index (χ3v) is 3.32. The van der Waals surface area contributed by atoms with Crippen LogP contribution in [0.2, 0.25) is 5.15 Å². The number of ketones is 1. The molecule has 3 nitrogen and oxygen atoms in total. The molecule has 2 heterocycles. The first kappa shape index (κ1) is 15.8. The molecule has 21 heavy (non-hydrogen) atoms. The van der Waals surface area contributed by atoms with E-state index >= 15 is 0 Å². The summed E-state index contributed by atoms with van der Waals surface area (Å²) in [6, 6.07) is 3.18. The smallest absolute Gasteiger partial charge is 0.368 e. The number of nitrogens with zero attached hydrogens (tertiary/aromatic N) is 2. The molecule has 1 saturated heterocycles. The Morgan fingerprint density at radius 1 is 1.38 bits per heavy atom. The zero-order valence-electron chi connectivity index (χ0n) is 10.8. The van der Waals surface area contributed by atoms with Gasteiger partial charge < -0.3 is 4.90 Å². The molecule has 0 aliphatic carbocycles. The number of alkyl halides is 3. The van der Waals surface area contributed by atoms with Crippen LogP contribution in [0.5, 0.6) is 0 Å². The second-order valence-corrected chi connectivity index (χ2v) is 4.99. The summed E-state index contributed by atoms with van der Waals surface area (Å²) in [4.78, 5) is 16.2. The fourth-order valence-corrected chi connectivity index (χ4v) is 2.24. The number of pyridine rings is 1. The number of hydrogen-bond acceptors (Lipinski definition) is 3. The molecule has 1 aromatic heterocycles. The van der Waals surface area contributed by atoms with E-state index in [-0.39, 0.29) is 23.8 Å². The van der Waals surface area contributed by atoms with Crippen molar-refractivity contribution in [2.45, 2.75) is 25.6 Å². The quantitative estimate of drug-likeness (QED) is 0.484. The second-order valence-electron chi connectivity index (χ2n) is 4.60. The van der Waals surface area contributed by atoms with Gasteiger partial charge in [-0.3, -0.25) is 4.79 Å². The number of hydrogen-bond donors (Lipinski definition) is 0. The van der Waals surface area contributed by atoms with Crippen molar-refractivity contribution in [3.05, 3.63) is 40.6 Å². The van der Waals surface area contributed by atoms with Crippen molar-refractivity contribution < 1.29 is 22.4 Å². The van der Waals surface area contributed by atoms with Gasteiger partial charge in [0.2, 0.25) is 0 Å². The fraction of sp³-hybridized carbons (Fsp3) is 0.385. The standard InChI is InChI=1S/C13H11ClF4N2O/c14-10-4-3-8(6-19-10)7-20-5-1-2-9(20)11(15)12(21)13(16,17)18/h3-4,6H,1-2,5,7H2/b11-9-. The molecule has 8 heteroatoms. The number of aromatic nitrogens is 1. The summed E-state index contributed by atoms with van der Waals surface area (Å²) in [6.45, 7) is 0.564. The van der Waals surface area contributed by atoms with Crippen molar-refractivity contribution in [3.63, 3.8) is 0 Å². The van der Waals surface area contributed by atoms with Crippen LogP contribution >= 0.6 is 11.6 Å². The third kappa shape index (κ3) is 3.72. The summed E-state index contributed by atoms with van der Waals surface area (Å²) in [6.07, 6.45) is -3.14. The summed E-state index contributed by atoms with van der Waals surface area (Å²) in [5.74, 6) is -4.15. The van der Waals surface area contributed by atoms with Crippen molar-refractivity contribution in [1.82, 2.24) is 9.88 Å². The van der Waals surface area contributed by atoms with Gasteiger partial charge in [0, 0.05) is 19.3 Å². The average molecular weight is 323 g/mol. The summed E-state index contributed by atoms with van der Waals surface area (Å²) in [5, 5.41) is 0.286. The first-order valence-corrected chi connectivity index (χ1v) is 6.52. The van der Waals surface area contributed by atoms with Crippen molar-refractivity contribution in [3.8, 4) is 0 Å². The first-order valence-electron chi connectivity index (χ1n) is 6.14. The summed E-state index contributed by atoms with van der Waals surface area (Å²) >= 11 is 5.64. The molecule has 0 unspecified atom stereocenters. The number of likely N-dealkylation sites (tertiary alicyclic amines) is 1. The Balaban J connectivity index is 2.20. The minimum Gasteiger partial charge on any atom is -0.368 e. The SMILES string of the molecule is O=C(/C(F)=C1\CCCN1Cc1ccc(Cl)nc1)C(F)(F)F. The Labute approximate surface area is 123 Å². The normalized spacial score (nSPS) is 18.0. The zero-order chi connectivity index (χ0) is 15.6. The van der Waals surface area contributed by atoms with Crippen LogP contribution in [0.15, 0.2) is 29.9 Å².